The first-order valence-electron chi connectivity index (χ1n) is 10.7. The van der Waals surface area contributed by atoms with Crippen LogP contribution in [0.2, 0.25) is 0 Å². The van der Waals surface area contributed by atoms with E-state index in [2.05, 4.69) is 31.2 Å². The van der Waals surface area contributed by atoms with Crippen LogP contribution in [0.1, 0.15) is 57.4 Å². The van der Waals surface area contributed by atoms with Crippen molar-refractivity contribution in [2.75, 3.05) is 34.4 Å². The molecule has 1 aromatic rings. The van der Waals surface area contributed by atoms with Crippen molar-refractivity contribution in [3.05, 3.63) is 23.8 Å². The van der Waals surface area contributed by atoms with Gasteiger partial charge in [0.1, 0.15) is 0 Å². The molecule has 5 heteroatoms. The molecule has 158 valence electrons. The Kier molecular flexibility index (Phi) is 9.62. The summed E-state index contributed by atoms with van der Waals surface area (Å²) in [6, 6.07) is 6.35. The average molecular weight is 391 g/mol. The van der Waals surface area contributed by atoms with E-state index >= 15 is 0 Å². The SMILES string of the molecule is COc1cc(CCC(=O)NC2CCC(C)CC2)ccc1OCCCCN(C)C. The molecule has 5 nitrogen and oxygen atoms in total. The first-order chi connectivity index (χ1) is 13.5. The molecule has 0 saturated heterocycles. The van der Waals surface area contributed by atoms with Crippen molar-refractivity contribution >= 4 is 5.91 Å². The molecular weight excluding hydrogens is 352 g/mol. The zero-order chi connectivity index (χ0) is 20.4. The molecule has 1 aromatic carbocycles. The molecule has 0 aromatic heterocycles. The first-order valence-corrected chi connectivity index (χ1v) is 10.7. The Labute approximate surface area is 170 Å². The highest BCUT2D eigenvalue weighted by molar-refractivity contribution is 5.76. The van der Waals surface area contributed by atoms with Crippen molar-refractivity contribution in [2.45, 2.75) is 64.3 Å². The molecule has 0 heterocycles. The van der Waals surface area contributed by atoms with Gasteiger partial charge in [0.15, 0.2) is 11.5 Å². The number of benzene rings is 1. The predicted molar refractivity (Wildman–Crippen MR) is 114 cm³/mol. The van der Waals surface area contributed by atoms with Crippen LogP contribution in [-0.2, 0) is 11.2 Å². The molecule has 1 aliphatic rings. The largest absolute Gasteiger partial charge is 0.493 e. The summed E-state index contributed by atoms with van der Waals surface area (Å²) in [7, 11) is 5.83. The summed E-state index contributed by atoms with van der Waals surface area (Å²) in [6.45, 7) is 4.05. The summed E-state index contributed by atoms with van der Waals surface area (Å²) in [5, 5.41) is 3.20. The molecule has 1 saturated carbocycles. The summed E-state index contributed by atoms with van der Waals surface area (Å²) in [5.74, 6) is 2.47. The predicted octanol–water partition coefficient (Wildman–Crippen LogP) is 4.04. The van der Waals surface area contributed by atoms with Crippen LogP contribution in [0.5, 0.6) is 11.5 Å². The third-order valence-electron chi connectivity index (χ3n) is 5.51. The first kappa shape index (κ1) is 22.5. The number of carbonyl (C=O) groups is 1. The monoisotopic (exact) mass is 390 g/mol. The van der Waals surface area contributed by atoms with E-state index in [1.54, 1.807) is 7.11 Å². The summed E-state index contributed by atoms with van der Waals surface area (Å²) >= 11 is 0. The number of methoxy groups -OCH3 is 1. The quantitative estimate of drug-likeness (QED) is 0.579. The third-order valence-corrected chi connectivity index (χ3v) is 5.51. The number of rotatable bonds is 11. The number of hydrogen-bond donors (Lipinski definition) is 1. The van der Waals surface area contributed by atoms with Crippen LogP contribution in [0.15, 0.2) is 18.2 Å². The van der Waals surface area contributed by atoms with Crippen molar-refractivity contribution in [3.8, 4) is 11.5 Å². The van der Waals surface area contributed by atoms with Gasteiger partial charge < -0.3 is 19.7 Å². The molecule has 1 aliphatic carbocycles. The fourth-order valence-corrected chi connectivity index (χ4v) is 3.66. The number of carbonyl (C=O) groups excluding carboxylic acids is 1. The van der Waals surface area contributed by atoms with E-state index in [4.69, 9.17) is 9.47 Å². The molecule has 0 radical (unpaired) electrons. The van der Waals surface area contributed by atoms with Gasteiger partial charge in [-0.15, -0.1) is 0 Å². The lowest BCUT2D eigenvalue weighted by atomic mass is 9.87. The molecule has 0 unspecified atom stereocenters. The van der Waals surface area contributed by atoms with Crippen molar-refractivity contribution in [1.82, 2.24) is 10.2 Å². The van der Waals surface area contributed by atoms with E-state index in [-0.39, 0.29) is 5.91 Å². The minimum atomic E-state index is 0.153. The summed E-state index contributed by atoms with van der Waals surface area (Å²) in [4.78, 5) is 14.4. The highest BCUT2D eigenvalue weighted by Gasteiger charge is 2.19. The van der Waals surface area contributed by atoms with Crippen LogP contribution < -0.4 is 14.8 Å². The number of amides is 1. The average Bonchev–Trinajstić information content (AvgIpc) is 2.68. The Morgan fingerprint density at radius 2 is 1.89 bits per heavy atom. The molecule has 2 rings (SSSR count). The van der Waals surface area contributed by atoms with Crippen LogP contribution in [0.25, 0.3) is 0 Å². The molecule has 1 N–H and O–H groups in total. The molecule has 0 spiro atoms. The van der Waals surface area contributed by atoms with Crippen molar-refractivity contribution < 1.29 is 14.3 Å². The fourth-order valence-electron chi connectivity index (χ4n) is 3.66. The van der Waals surface area contributed by atoms with Gasteiger partial charge in [-0.3, -0.25) is 4.79 Å². The Morgan fingerprint density at radius 1 is 1.14 bits per heavy atom. The van der Waals surface area contributed by atoms with Gasteiger partial charge in [0.25, 0.3) is 0 Å². The molecule has 0 bridgehead atoms. The van der Waals surface area contributed by atoms with Crippen molar-refractivity contribution in [2.24, 2.45) is 5.92 Å². The number of nitrogens with one attached hydrogen (secondary N) is 1. The van der Waals surface area contributed by atoms with Crippen LogP contribution in [0.4, 0.5) is 0 Å². The van der Waals surface area contributed by atoms with Crippen molar-refractivity contribution in [3.63, 3.8) is 0 Å². The smallest absolute Gasteiger partial charge is 0.220 e. The van der Waals surface area contributed by atoms with E-state index in [1.165, 1.54) is 12.8 Å². The van der Waals surface area contributed by atoms with Gasteiger partial charge in [0, 0.05) is 12.5 Å². The maximum atomic E-state index is 12.3. The van der Waals surface area contributed by atoms with E-state index in [9.17, 15) is 4.79 Å². The number of aryl methyl sites for hydroxylation is 1. The molecule has 28 heavy (non-hydrogen) atoms. The molecule has 1 amide bonds. The standard InChI is InChI=1S/C23H38N2O3/c1-18-7-11-20(12-8-18)24-23(26)14-10-19-9-13-21(22(17-19)27-4)28-16-6-5-15-25(2)3/h9,13,17-18,20H,5-8,10-12,14-16H2,1-4H3,(H,24,26). The second-order valence-electron chi connectivity index (χ2n) is 8.37. The lowest BCUT2D eigenvalue weighted by Crippen LogP contribution is -2.37. The van der Waals surface area contributed by atoms with Gasteiger partial charge in [-0.25, -0.2) is 0 Å². The molecular formula is C23H38N2O3. The second-order valence-corrected chi connectivity index (χ2v) is 8.37. The Hall–Kier alpha value is -1.75. The lowest BCUT2D eigenvalue weighted by Gasteiger charge is -2.26. The van der Waals surface area contributed by atoms with Crippen molar-refractivity contribution in [1.29, 1.82) is 0 Å². The summed E-state index contributed by atoms with van der Waals surface area (Å²) in [6.07, 6.45) is 8.03. The van der Waals surface area contributed by atoms with Crippen LogP contribution >= 0.6 is 0 Å². The molecule has 0 aliphatic heterocycles. The van der Waals surface area contributed by atoms with E-state index in [1.807, 2.05) is 18.2 Å². The normalized spacial score (nSPS) is 19.5. The lowest BCUT2D eigenvalue weighted by molar-refractivity contribution is -0.122. The van der Waals surface area contributed by atoms with Gasteiger partial charge in [0.2, 0.25) is 5.91 Å². The Morgan fingerprint density at radius 3 is 2.57 bits per heavy atom. The van der Waals surface area contributed by atoms with Gasteiger partial charge >= 0.3 is 0 Å². The number of ether oxygens (including phenoxy) is 2. The van der Waals surface area contributed by atoms with Crippen LogP contribution in [-0.4, -0.2) is 51.2 Å². The molecule has 1 fully saturated rings. The highest BCUT2D eigenvalue weighted by Crippen LogP contribution is 2.29. The topological polar surface area (TPSA) is 50.8 Å². The van der Waals surface area contributed by atoms with E-state index in [0.717, 1.165) is 55.2 Å². The van der Waals surface area contributed by atoms with Crippen LogP contribution in [0, 0.1) is 5.92 Å². The van der Waals surface area contributed by atoms with E-state index < -0.39 is 0 Å². The summed E-state index contributed by atoms with van der Waals surface area (Å²) < 4.78 is 11.4. The Bertz CT molecular complexity index is 596. The number of nitrogens with zero attached hydrogens (tertiary/aromatic N) is 1. The van der Waals surface area contributed by atoms with Gasteiger partial charge in [-0.2, -0.15) is 0 Å². The number of unbranched alkanes of at least 4 members (excludes halogenated alkanes) is 1. The minimum Gasteiger partial charge on any atom is -0.493 e. The van der Waals surface area contributed by atoms with Gasteiger partial charge in [-0.05, 0) is 89.2 Å². The summed E-state index contributed by atoms with van der Waals surface area (Å²) in [5.41, 5.74) is 1.10. The Balaban J connectivity index is 1.75. The maximum absolute atomic E-state index is 12.3. The second kappa shape index (κ2) is 11.9. The van der Waals surface area contributed by atoms with Crippen LogP contribution in [0.3, 0.4) is 0 Å². The maximum Gasteiger partial charge on any atom is 0.220 e. The zero-order valence-electron chi connectivity index (χ0n) is 18.1. The van der Waals surface area contributed by atoms with E-state index in [0.29, 0.717) is 25.5 Å². The fraction of sp³-hybridized carbons (Fsp3) is 0.696. The number of hydrogen-bond acceptors (Lipinski definition) is 4. The van der Waals surface area contributed by atoms with Gasteiger partial charge in [0.05, 0.1) is 13.7 Å². The molecule has 0 atom stereocenters. The minimum absolute atomic E-state index is 0.153. The zero-order valence-corrected chi connectivity index (χ0v) is 18.1. The van der Waals surface area contributed by atoms with Gasteiger partial charge in [-0.1, -0.05) is 13.0 Å². The third kappa shape index (κ3) is 8.09. The highest BCUT2D eigenvalue weighted by atomic mass is 16.5.